The highest BCUT2D eigenvalue weighted by atomic mass is 16.5. The van der Waals surface area contributed by atoms with Crippen LogP contribution in [-0.4, -0.2) is 30.9 Å². The van der Waals surface area contributed by atoms with Crippen LogP contribution in [-0.2, 0) is 16.1 Å². The summed E-state index contributed by atoms with van der Waals surface area (Å²) in [4.78, 5) is 12.3. The standard InChI is InChI=1S/C30H28O5/c1-33-30(32)24-15-23-16-26(10-11-27(23)28(17-24)21-7-3-2-4-8-21)35-19-20-6-5-9-22(14-20)29-18-25(31)12-13-34-29/h2-11,14-17,25,29,31H,12-13,18-19H2,1H3. The average molecular weight is 469 g/mol. The first-order chi connectivity index (χ1) is 17.1. The topological polar surface area (TPSA) is 65.0 Å². The Morgan fingerprint density at radius 1 is 1.00 bits per heavy atom. The van der Waals surface area contributed by atoms with Gasteiger partial charge in [0, 0.05) is 13.0 Å². The highest BCUT2D eigenvalue weighted by molar-refractivity contribution is 6.03. The van der Waals surface area contributed by atoms with Crippen LogP contribution in [0.5, 0.6) is 5.75 Å². The number of aliphatic hydroxyl groups is 1. The molecular weight excluding hydrogens is 440 g/mol. The van der Waals surface area contributed by atoms with Crippen molar-refractivity contribution in [3.05, 3.63) is 102 Å². The lowest BCUT2D eigenvalue weighted by atomic mass is 9.95. The maximum Gasteiger partial charge on any atom is 0.337 e. The van der Waals surface area contributed by atoms with Gasteiger partial charge in [0.05, 0.1) is 24.9 Å². The van der Waals surface area contributed by atoms with Crippen LogP contribution in [0.25, 0.3) is 21.9 Å². The van der Waals surface area contributed by atoms with Crippen molar-refractivity contribution in [3.63, 3.8) is 0 Å². The Bertz CT molecular complexity index is 1330. The number of rotatable bonds is 6. The van der Waals surface area contributed by atoms with Crippen molar-refractivity contribution in [1.82, 2.24) is 0 Å². The molecule has 0 amide bonds. The molecule has 35 heavy (non-hydrogen) atoms. The molecule has 1 heterocycles. The number of methoxy groups -OCH3 is 1. The molecule has 2 atom stereocenters. The summed E-state index contributed by atoms with van der Waals surface area (Å²) in [6.45, 7) is 0.971. The van der Waals surface area contributed by atoms with E-state index in [2.05, 4.69) is 6.07 Å². The van der Waals surface area contributed by atoms with Gasteiger partial charge in [-0.2, -0.15) is 0 Å². The highest BCUT2D eigenvalue weighted by Gasteiger charge is 2.22. The Morgan fingerprint density at radius 2 is 1.86 bits per heavy atom. The van der Waals surface area contributed by atoms with E-state index in [4.69, 9.17) is 14.2 Å². The van der Waals surface area contributed by atoms with Gasteiger partial charge in [-0.25, -0.2) is 4.79 Å². The molecule has 2 unspecified atom stereocenters. The molecule has 0 spiro atoms. The van der Waals surface area contributed by atoms with Crippen molar-refractivity contribution in [2.75, 3.05) is 13.7 Å². The molecule has 0 bridgehead atoms. The number of ether oxygens (including phenoxy) is 3. The van der Waals surface area contributed by atoms with Crippen LogP contribution >= 0.6 is 0 Å². The van der Waals surface area contributed by atoms with Gasteiger partial charge in [-0.3, -0.25) is 0 Å². The van der Waals surface area contributed by atoms with Crippen molar-refractivity contribution in [2.45, 2.75) is 31.7 Å². The van der Waals surface area contributed by atoms with E-state index in [1.165, 1.54) is 7.11 Å². The van der Waals surface area contributed by atoms with Crippen LogP contribution in [0.1, 0.15) is 40.4 Å². The molecule has 0 saturated carbocycles. The molecule has 1 saturated heterocycles. The number of carbonyl (C=O) groups excluding carboxylic acids is 1. The maximum atomic E-state index is 12.3. The van der Waals surface area contributed by atoms with E-state index in [9.17, 15) is 9.90 Å². The first kappa shape index (κ1) is 23.1. The summed E-state index contributed by atoms with van der Waals surface area (Å²) in [5, 5.41) is 11.9. The van der Waals surface area contributed by atoms with E-state index in [1.54, 1.807) is 0 Å². The summed E-state index contributed by atoms with van der Waals surface area (Å²) in [6.07, 6.45) is 0.890. The molecule has 178 valence electrons. The molecule has 1 N–H and O–H groups in total. The number of fused-ring (bicyclic) bond motifs is 1. The van der Waals surface area contributed by atoms with Gasteiger partial charge in [0.25, 0.3) is 0 Å². The largest absolute Gasteiger partial charge is 0.489 e. The highest BCUT2D eigenvalue weighted by Crippen LogP contribution is 2.33. The van der Waals surface area contributed by atoms with Gasteiger partial charge in [0.15, 0.2) is 0 Å². The monoisotopic (exact) mass is 468 g/mol. The molecule has 5 heteroatoms. The molecule has 0 radical (unpaired) electrons. The summed E-state index contributed by atoms with van der Waals surface area (Å²) < 4.78 is 17.0. The first-order valence-corrected chi connectivity index (χ1v) is 11.8. The number of carbonyl (C=O) groups is 1. The minimum Gasteiger partial charge on any atom is -0.489 e. The van der Waals surface area contributed by atoms with Gasteiger partial charge < -0.3 is 19.3 Å². The second-order valence-corrected chi connectivity index (χ2v) is 8.84. The van der Waals surface area contributed by atoms with Crippen LogP contribution in [0.4, 0.5) is 0 Å². The van der Waals surface area contributed by atoms with E-state index < -0.39 is 0 Å². The maximum absolute atomic E-state index is 12.3. The van der Waals surface area contributed by atoms with Gasteiger partial charge in [-0.15, -0.1) is 0 Å². The van der Waals surface area contributed by atoms with E-state index in [0.717, 1.165) is 33.0 Å². The summed E-state index contributed by atoms with van der Waals surface area (Å²) in [5.74, 6) is 0.343. The Morgan fingerprint density at radius 3 is 2.66 bits per heavy atom. The predicted molar refractivity (Wildman–Crippen MR) is 135 cm³/mol. The van der Waals surface area contributed by atoms with Crippen molar-refractivity contribution in [1.29, 1.82) is 0 Å². The van der Waals surface area contributed by atoms with Crippen molar-refractivity contribution in [3.8, 4) is 16.9 Å². The van der Waals surface area contributed by atoms with Crippen LogP contribution in [0.3, 0.4) is 0 Å². The Hall–Kier alpha value is -3.67. The SMILES string of the molecule is COC(=O)c1cc(-c2ccccc2)c2ccc(OCc3cccc(C4CC(O)CCO4)c3)cc2c1. The number of hydrogen-bond donors (Lipinski definition) is 1. The molecule has 1 aliphatic heterocycles. The van der Waals surface area contributed by atoms with E-state index in [0.29, 0.717) is 37.4 Å². The average Bonchev–Trinajstić information content (AvgIpc) is 2.91. The zero-order valence-electron chi connectivity index (χ0n) is 19.6. The normalized spacial score (nSPS) is 17.8. The van der Waals surface area contributed by atoms with Crippen molar-refractivity contribution >= 4 is 16.7 Å². The van der Waals surface area contributed by atoms with Crippen LogP contribution in [0.2, 0.25) is 0 Å². The van der Waals surface area contributed by atoms with Crippen LogP contribution < -0.4 is 4.74 Å². The summed E-state index contributed by atoms with van der Waals surface area (Å²) in [5.41, 5.74) is 4.58. The molecule has 5 rings (SSSR count). The molecular formula is C30H28O5. The predicted octanol–water partition coefficient (Wildman–Crippen LogP) is 6.08. The number of benzene rings is 4. The second kappa shape index (κ2) is 10.3. The first-order valence-electron chi connectivity index (χ1n) is 11.8. The molecule has 1 aliphatic rings. The molecule has 4 aromatic rings. The quantitative estimate of drug-likeness (QED) is 0.347. The minimum atomic E-state index is -0.373. The van der Waals surface area contributed by atoms with Crippen LogP contribution in [0, 0.1) is 0 Å². The van der Waals surface area contributed by atoms with Crippen molar-refractivity contribution < 1.29 is 24.1 Å². The third-order valence-electron chi connectivity index (χ3n) is 6.41. The van der Waals surface area contributed by atoms with Gasteiger partial charge in [-0.1, -0.05) is 54.6 Å². The number of hydrogen-bond acceptors (Lipinski definition) is 5. The lowest BCUT2D eigenvalue weighted by Crippen LogP contribution is -2.23. The molecule has 0 aliphatic carbocycles. The second-order valence-electron chi connectivity index (χ2n) is 8.84. The van der Waals surface area contributed by atoms with E-state index in [1.807, 2.05) is 78.9 Å². The van der Waals surface area contributed by atoms with Gasteiger partial charge in [-0.05, 0) is 69.8 Å². The zero-order valence-corrected chi connectivity index (χ0v) is 19.6. The smallest absolute Gasteiger partial charge is 0.337 e. The van der Waals surface area contributed by atoms with E-state index in [-0.39, 0.29) is 18.2 Å². The number of esters is 1. The fourth-order valence-electron chi connectivity index (χ4n) is 4.59. The lowest BCUT2D eigenvalue weighted by Gasteiger charge is -2.27. The fourth-order valence-corrected chi connectivity index (χ4v) is 4.59. The van der Waals surface area contributed by atoms with E-state index >= 15 is 0 Å². The molecule has 4 aromatic carbocycles. The summed E-state index contributed by atoms with van der Waals surface area (Å²) in [7, 11) is 1.39. The van der Waals surface area contributed by atoms with Gasteiger partial charge in [0.2, 0.25) is 0 Å². The molecule has 5 nitrogen and oxygen atoms in total. The Kier molecular flexibility index (Phi) is 6.80. The van der Waals surface area contributed by atoms with Gasteiger partial charge in [0.1, 0.15) is 12.4 Å². The Balaban J connectivity index is 1.41. The minimum absolute atomic E-state index is 0.0903. The third-order valence-corrected chi connectivity index (χ3v) is 6.41. The fraction of sp³-hybridized carbons (Fsp3) is 0.233. The Labute approximate surface area is 204 Å². The molecule has 0 aromatic heterocycles. The van der Waals surface area contributed by atoms with Crippen LogP contribution in [0.15, 0.2) is 84.9 Å². The zero-order chi connectivity index (χ0) is 24.2. The molecule has 1 fully saturated rings. The van der Waals surface area contributed by atoms with Gasteiger partial charge >= 0.3 is 5.97 Å². The third kappa shape index (κ3) is 5.21. The lowest BCUT2D eigenvalue weighted by molar-refractivity contribution is -0.0448. The van der Waals surface area contributed by atoms with Crippen molar-refractivity contribution in [2.24, 2.45) is 0 Å². The summed E-state index contributed by atoms with van der Waals surface area (Å²) in [6, 6.07) is 27.8. The summed E-state index contributed by atoms with van der Waals surface area (Å²) >= 11 is 0. The number of aliphatic hydroxyl groups excluding tert-OH is 1.